The molecule has 1 aliphatic carbocycles. The van der Waals surface area contributed by atoms with Gasteiger partial charge in [0.1, 0.15) is 5.82 Å². The number of carbonyl (C=O) groups excluding carboxylic acids is 2. The number of hydrogen-bond acceptors (Lipinski definition) is 4. The van der Waals surface area contributed by atoms with Crippen molar-refractivity contribution in [2.45, 2.75) is 50.6 Å². The van der Waals surface area contributed by atoms with Crippen LogP contribution < -0.4 is 10.2 Å². The Kier molecular flexibility index (Phi) is 7.27. The average Bonchev–Trinajstić information content (AvgIpc) is 3.32. The Morgan fingerprint density at radius 3 is 2.50 bits per heavy atom. The standard InChI is InChI=1S/C25H26FN3O2S/c26-18-11-13-20(14-12-18)29(23(30)17-21-9-6-16-32-21)24(22-10-4-5-15-27-22)25(31)28-19-7-2-1-3-8-19/h4-6,9-16,19,24H,1-3,7-8,17H2,(H,28,31). The lowest BCUT2D eigenvalue weighted by molar-refractivity contribution is -0.127. The highest BCUT2D eigenvalue weighted by atomic mass is 32.1. The fourth-order valence-electron chi connectivity index (χ4n) is 4.13. The van der Waals surface area contributed by atoms with Crippen LogP contribution in [-0.4, -0.2) is 22.8 Å². The molecule has 1 aliphatic rings. The molecule has 7 heteroatoms. The molecule has 5 nitrogen and oxygen atoms in total. The lowest BCUT2D eigenvalue weighted by Crippen LogP contribution is -2.48. The van der Waals surface area contributed by atoms with Gasteiger partial charge in [-0.25, -0.2) is 4.39 Å². The molecule has 2 heterocycles. The molecular formula is C25H26FN3O2S. The lowest BCUT2D eigenvalue weighted by atomic mass is 9.95. The summed E-state index contributed by atoms with van der Waals surface area (Å²) in [5.74, 6) is -0.909. The van der Waals surface area contributed by atoms with Gasteiger partial charge in [0.15, 0.2) is 6.04 Å². The molecule has 1 atom stereocenters. The van der Waals surface area contributed by atoms with Gasteiger partial charge in [0.05, 0.1) is 12.1 Å². The zero-order valence-corrected chi connectivity index (χ0v) is 18.6. The number of carbonyl (C=O) groups is 2. The van der Waals surface area contributed by atoms with E-state index in [0.717, 1.165) is 30.6 Å². The van der Waals surface area contributed by atoms with Gasteiger partial charge >= 0.3 is 0 Å². The van der Waals surface area contributed by atoms with Crippen molar-refractivity contribution in [3.05, 3.63) is 82.6 Å². The molecule has 1 saturated carbocycles. The zero-order chi connectivity index (χ0) is 22.3. The van der Waals surface area contributed by atoms with Crippen molar-refractivity contribution >= 4 is 28.8 Å². The topological polar surface area (TPSA) is 62.3 Å². The number of pyridine rings is 1. The number of nitrogens with one attached hydrogen (secondary N) is 1. The van der Waals surface area contributed by atoms with Gasteiger partial charge in [-0.2, -0.15) is 0 Å². The minimum absolute atomic E-state index is 0.0879. The molecule has 166 valence electrons. The molecule has 1 N–H and O–H groups in total. The maximum atomic E-state index is 13.7. The Hall–Kier alpha value is -3.06. The molecule has 0 saturated heterocycles. The molecule has 2 amide bonds. The highest BCUT2D eigenvalue weighted by molar-refractivity contribution is 7.10. The first-order valence-electron chi connectivity index (χ1n) is 10.9. The molecule has 0 bridgehead atoms. The highest BCUT2D eigenvalue weighted by Crippen LogP contribution is 2.29. The number of nitrogens with zero attached hydrogens (tertiary/aromatic N) is 2. The van der Waals surface area contributed by atoms with Crippen molar-refractivity contribution < 1.29 is 14.0 Å². The van der Waals surface area contributed by atoms with E-state index in [-0.39, 0.29) is 24.3 Å². The Morgan fingerprint density at radius 2 is 1.84 bits per heavy atom. The smallest absolute Gasteiger partial charge is 0.249 e. The van der Waals surface area contributed by atoms with Crippen molar-refractivity contribution in [3.63, 3.8) is 0 Å². The van der Waals surface area contributed by atoms with Crippen molar-refractivity contribution in [3.8, 4) is 0 Å². The van der Waals surface area contributed by atoms with E-state index in [9.17, 15) is 14.0 Å². The van der Waals surface area contributed by atoms with E-state index in [1.807, 2.05) is 17.5 Å². The first-order valence-corrected chi connectivity index (χ1v) is 11.8. The molecule has 1 unspecified atom stereocenters. The second-order valence-electron chi connectivity index (χ2n) is 8.00. The van der Waals surface area contributed by atoms with Crippen LogP contribution >= 0.6 is 11.3 Å². The van der Waals surface area contributed by atoms with Crippen LogP contribution in [0.5, 0.6) is 0 Å². The summed E-state index contributed by atoms with van der Waals surface area (Å²) >= 11 is 1.49. The number of thiophene rings is 1. The van der Waals surface area contributed by atoms with Crippen LogP contribution in [0.3, 0.4) is 0 Å². The predicted molar refractivity (Wildman–Crippen MR) is 124 cm³/mol. The molecule has 32 heavy (non-hydrogen) atoms. The summed E-state index contributed by atoms with van der Waals surface area (Å²) in [7, 11) is 0. The molecule has 4 rings (SSSR count). The molecule has 3 aromatic rings. The highest BCUT2D eigenvalue weighted by Gasteiger charge is 2.35. The number of rotatable bonds is 7. The zero-order valence-electron chi connectivity index (χ0n) is 17.7. The van der Waals surface area contributed by atoms with Gasteiger partial charge in [-0.1, -0.05) is 31.4 Å². The second-order valence-corrected chi connectivity index (χ2v) is 9.03. The van der Waals surface area contributed by atoms with Crippen LogP contribution in [0.25, 0.3) is 0 Å². The Labute approximate surface area is 191 Å². The molecular weight excluding hydrogens is 425 g/mol. The molecule has 0 radical (unpaired) electrons. The van der Waals surface area contributed by atoms with Crippen LogP contribution in [0.1, 0.15) is 48.7 Å². The monoisotopic (exact) mass is 451 g/mol. The number of anilines is 1. The fraction of sp³-hybridized carbons (Fsp3) is 0.320. The van der Waals surface area contributed by atoms with E-state index in [1.54, 1.807) is 24.4 Å². The van der Waals surface area contributed by atoms with Gasteiger partial charge in [-0.3, -0.25) is 19.5 Å². The quantitative estimate of drug-likeness (QED) is 0.547. The van der Waals surface area contributed by atoms with Crippen molar-refractivity contribution in [2.24, 2.45) is 0 Å². The SMILES string of the molecule is O=C(NC1CCCCC1)C(c1ccccn1)N(C(=O)Cc1cccs1)c1ccc(F)cc1. The van der Waals surface area contributed by atoms with E-state index in [2.05, 4.69) is 10.3 Å². The van der Waals surface area contributed by atoms with Crippen LogP contribution in [-0.2, 0) is 16.0 Å². The summed E-state index contributed by atoms with van der Waals surface area (Å²) in [6.45, 7) is 0. The number of amides is 2. The van der Waals surface area contributed by atoms with Gasteiger partial charge in [0.25, 0.3) is 0 Å². The summed E-state index contributed by atoms with van der Waals surface area (Å²) < 4.78 is 13.7. The van der Waals surface area contributed by atoms with E-state index in [0.29, 0.717) is 11.4 Å². The maximum absolute atomic E-state index is 13.7. The Bertz CT molecular complexity index is 1020. The van der Waals surface area contributed by atoms with E-state index in [4.69, 9.17) is 0 Å². The van der Waals surface area contributed by atoms with E-state index >= 15 is 0 Å². The number of aromatic nitrogens is 1. The number of halogens is 1. The predicted octanol–water partition coefficient (Wildman–Crippen LogP) is 5.05. The lowest BCUT2D eigenvalue weighted by Gasteiger charge is -2.33. The molecule has 2 aromatic heterocycles. The largest absolute Gasteiger partial charge is 0.351 e. The van der Waals surface area contributed by atoms with Crippen LogP contribution in [0.4, 0.5) is 10.1 Å². The minimum atomic E-state index is -0.948. The normalized spacial score (nSPS) is 15.2. The summed E-state index contributed by atoms with van der Waals surface area (Å²) in [5, 5.41) is 5.06. The molecule has 0 spiro atoms. The Morgan fingerprint density at radius 1 is 1.06 bits per heavy atom. The van der Waals surface area contributed by atoms with Crippen molar-refractivity contribution in [1.29, 1.82) is 0 Å². The summed E-state index contributed by atoms with van der Waals surface area (Å²) in [6, 6.07) is 13.9. The fourth-order valence-corrected chi connectivity index (χ4v) is 4.83. The third kappa shape index (κ3) is 5.40. The summed E-state index contributed by atoms with van der Waals surface area (Å²) in [4.78, 5) is 33.9. The number of benzene rings is 1. The minimum Gasteiger partial charge on any atom is -0.351 e. The van der Waals surface area contributed by atoms with Crippen LogP contribution in [0, 0.1) is 5.82 Å². The van der Waals surface area contributed by atoms with Crippen molar-refractivity contribution in [1.82, 2.24) is 10.3 Å². The third-order valence-electron chi connectivity index (χ3n) is 5.71. The van der Waals surface area contributed by atoms with Crippen LogP contribution in [0.2, 0.25) is 0 Å². The number of hydrogen-bond donors (Lipinski definition) is 1. The van der Waals surface area contributed by atoms with Gasteiger partial charge in [0, 0.05) is 22.8 Å². The molecule has 0 aliphatic heterocycles. The first-order chi connectivity index (χ1) is 15.6. The van der Waals surface area contributed by atoms with Gasteiger partial charge < -0.3 is 5.32 Å². The molecule has 1 aromatic carbocycles. The van der Waals surface area contributed by atoms with Gasteiger partial charge in [0.2, 0.25) is 11.8 Å². The van der Waals surface area contributed by atoms with Gasteiger partial charge in [-0.05, 0) is 60.7 Å². The Balaban J connectivity index is 1.71. The third-order valence-corrected chi connectivity index (χ3v) is 6.58. The first kappa shape index (κ1) is 22.1. The van der Waals surface area contributed by atoms with E-state index < -0.39 is 11.9 Å². The summed E-state index contributed by atoms with van der Waals surface area (Å²) in [5.41, 5.74) is 0.937. The van der Waals surface area contributed by atoms with Gasteiger partial charge in [-0.15, -0.1) is 11.3 Å². The average molecular weight is 452 g/mol. The van der Waals surface area contributed by atoms with Crippen LogP contribution in [0.15, 0.2) is 66.2 Å². The summed E-state index contributed by atoms with van der Waals surface area (Å²) in [6.07, 6.45) is 6.96. The maximum Gasteiger partial charge on any atom is 0.249 e. The second kappa shape index (κ2) is 10.5. The van der Waals surface area contributed by atoms with Crippen molar-refractivity contribution in [2.75, 3.05) is 4.90 Å². The van der Waals surface area contributed by atoms with E-state index in [1.165, 1.54) is 46.9 Å². The molecule has 1 fully saturated rings.